The first-order valence-corrected chi connectivity index (χ1v) is 8.43. The Hall–Kier alpha value is -2.95. The van der Waals surface area contributed by atoms with E-state index in [4.69, 9.17) is 38.3 Å². The third-order valence-corrected chi connectivity index (χ3v) is 4.02. The fourth-order valence-electron chi connectivity index (χ4n) is 2.23. The second-order valence-corrected chi connectivity index (χ2v) is 6.23. The Balaban J connectivity index is 2.17. The molecule has 0 aromatic heterocycles. The number of carboxylic acids is 1. The Kier molecular flexibility index (Phi) is 6.88. The summed E-state index contributed by atoms with van der Waals surface area (Å²) in [5, 5.41) is 23.1. The van der Waals surface area contributed by atoms with E-state index >= 15 is 0 Å². The molecule has 7 nitrogen and oxygen atoms in total. The molecule has 0 atom stereocenters. The molecule has 0 unspecified atom stereocenters. The topological polar surface area (TPSA) is 111 Å². The second kappa shape index (κ2) is 9.12. The van der Waals surface area contributed by atoms with Crippen LogP contribution in [-0.2, 0) is 11.4 Å². The van der Waals surface area contributed by atoms with Crippen LogP contribution in [0.2, 0.25) is 10.0 Å². The van der Waals surface area contributed by atoms with Crippen molar-refractivity contribution in [2.75, 3.05) is 18.9 Å². The molecular weight excluding hydrogens is 393 g/mol. The van der Waals surface area contributed by atoms with Gasteiger partial charge in [-0.2, -0.15) is 5.26 Å². The molecule has 140 valence electrons. The van der Waals surface area contributed by atoms with Crippen LogP contribution in [0.1, 0.15) is 21.5 Å². The van der Waals surface area contributed by atoms with Crippen molar-refractivity contribution >= 4 is 40.8 Å². The SMILES string of the molecule is CNc1cc(C#N)cc(COc2c(Cl)cc(C(=O)NCC(=O)O)cc2Cl)c1. The van der Waals surface area contributed by atoms with Gasteiger partial charge in [-0.3, -0.25) is 9.59 Å². The monoisotopic (exact) mass is 407 g/mol. The summed E-state index contributed by atoms with van der Waals surface area (Å²) in [5.41, 5.74) is 2.08. The fourth-order valence-corrected chi connectivity index (χ4v) is 2.82. The molecular formula is C18H15Cl2N3O4. The van der Waals surface area contributed by atoms with E-state index in [9.17, 15) is 9.59 Å². The minimum atomic E-state index is -1.17. The van der Waals surface area contributed by atoms with Crippen molar-refractivity contribution in [3.05, 3.63) is 57.1 Å². The number of amides is 1. The number of hydrogen-bond acceptors (Lipinski definition) is 5. The third-order valence-electron chi connectivity index (χ3n) is 3.45. The first kappa shape index (κ1) is 20.4. The van der Waals surface area contributed by atoms with E-state index in [0.717, 1.165) is 11.3 Å². The van der Waals surface area contributed by atoms with Gasteiger partial charge in [0.15, 0.2) is 5.75 Å². The zero-order chi connectivity index (χ0) is 20.0. The summed E-state index contributed by atoms with van der Waals surface area (Å²) < 4.78 is 5.66. The zero-order valence-electron chi connectivity index (χ0n) is 14.2. The van der Waals surface area contributed by atoms with Crippen molar-refractivity contribution in [3.8, 4) is 11.8 Å². The van der Waals surface area contributed by atoms with Crippen LogP contribution < -0.4 is 15.4 Å². The molecule has 0 aliphatic heterocycles. The molecule has 2 rings (SSSR count). The zero-order valence-corrected chi connectivity index (χ0v) is 15.7. The molecule has 3 N–H and O–H groups in total. The summed E-state index contributed by atoms with van der Waals surface area (Å²) in [6.07, 6.45) is 0. The molecule has 9 heteroatoms. The molecule has 1 amide bonds. The third kappa shape index (κ3) is 5.51. The van der Waals surface area contributed by atoms with Gasteiger partial charge in [-0.15, -0.1) is 0 Å². The van der Waals surface area contributed by atoms with Crippen molar-refractivity contribution in [3.63, 3.8) is 0 Å². The number of halogens is 2. The Morgan fingerprint density at radius 3 is 2.41 bits per heavy atom. The average molecular weight is 408 g/mol. The van der Waals surface area contributed by atoms with Crippen molar-refractivity contribution in [1.82, 2.24) is 5.32 Å². The lowest BCUT2D eigenvalue weighted by atomic mass is 10.1. The quantitative estimate of drug-likeness (QED) is 0.648. The van der Waals surface area contributed by atoms with Gasteiger partial charge in [-0.1, -0.05) is 23.2 Å². The highest BCUT2D eigenvalue weighted by Gasteiger charge is 2.15. The van der Waals surface area contributed by atoms with Crippen LogP contribution in [-0.4, -0.2) is 30.6 Å². The largest absolute Gasteiger partial charge is 0.486 e. The summed E-state index contributed by atoms with van der Waals surface area (Å²) in [4.78, 5) is 22.4. The van der Waals surface area contributed by atoms with E-state index in [1.54, 1.807) is 19.2 Å². The highest BCUT2D eigenvalue weighted by atomic mass is 35.5. The van der Waals surface area contributed by atoms with E-state index in [1.807, 2.05) is 6.07 Å². The summed E-state index contributed by atoms with van der Waals surface area (Å²) in [7, 11) is 1.74. The highest BCUT2D eigenvalue weighted by molar-refractivity contribution is 6.37. The van der Waals surface area contributed by atoms with Crippen LogP contribution in [0.5, 0.6) is 5.75 Å². The van der Waals surface area contributed by atoms with E-state index < -0.39 is 18.4 Å². The molecule has 2 aromatic carbocycles. The van der Waals surface area contributed by atoms with Gasteiger partial charge in [0.2, 0.25) is 0 Å². The van der Waals surface area contributed by atoms with Crippen LogP contribution in [0.3, 0.4) is 0 Å². The van der Waals surface area contributed by atoms with Crippen molar-refractivity contribution in [2.45, 2.75) is 6.61 Å². The fraction of sp³-hybridized carbons (Fsp3) is 0.167. The first-order valence-electron chi connectivity index (χ1n) is 7.67. The lowest BCUT2D eigenvalue weighted by Gasteiger charge is -2.13. The minimum Gasteiger partial charge on any atom is -0.486 e. The number of carbonyl (C=O) groups is 2. The summed E-state index contributed by atoms with van der Waals surface area (Å²) in [6.45, 7) is -0.413. The molecule has 0 fully saturated rings. The molecule has 0 saturated carbocycles. The van der Waals surface area contributed by atoms with Gasteiger partial charge in [0.1, 0.15) is 13.2 Å². The van der Waals surface area contributed by atoms with E-state index in [1.165, 1.54) is 12.1 Å². The van der Waals surface area contributed by atoms with Gasteiger partial charge in [0.25, 0.3) is 5.91 Å². The molecule has 0 aliphatic carbocycles. The molecule has 0 radical (unpaired) electrons. The smallest absolute Gasteiger partial charge is 0.322 e. The number of rotatable bonds is 7. The Morgan fingerprint density at radius 2 is 1.85 bits per heavy atom. The van der Waals surface area contributed by atoms with E-state index in [-0.39, 0.29) is 28.0 Å². The van der Waals surface area contributed by atoms with Gasteiger partial charge in [0, 0.05) is 18.3 Å². The molecule has 0 spiro atoms. The van der Waals surface area contributed by atoms with Gasteiger partial charge in [-0.25, -0.2) is 0 Å². The van der Waals surface area contributed by atoms with Crippen molar-refractivity contribution in [2.24, 2.45) is 0 Å². The van der Waals surface area contributed by atoms with Crippen LogP contribution in [0.25, 0.3) is 0 Å². The molecule has 27 heavy (non-hydrogen) atoms. The Bertz CT molecular complexity index is 902. The Labute approximate surface area is 165 Å². The predicted molar refractivity (Wildman–Crippen MR) is 101 cm³/mol. The number of nitrogens with zero attached hydrogens (tertiary/aromatic N) is 1. The van der Waals surface area contributed by atoms with Crippen LogP contribution in [0, 0.1) is 11.3 Å². The van der Waals surface area contributed by atoms with Gasteiger partial charge in [-0.05, 0) is 35.9 Å². The standard InChI is InChI=1S/C18H15Cl2N3O4/c1-22-13-3-10(7-21)2-11(4-13)9-27-17-14(19)5-12(6-15(17)20)18(26)23-8-16(24)25/h2-6,22H,8-9H2,1H3,(H,23,26)(H,24,25). The second-order valence-electron chi connectivity index (χ2n) is 5.41. The first-order chi connectivity index (χ1) is 12.8. The molecule has 0 bridgehead atoms. The number of benzene rings is 2. The molecule has 0 aliphatic rings. The number of carbonyl (C=O) groups excluding carboxylic acids is 1. The maximum absolute atomic E-state index is 11.9. The van der Waals surface area contributed by atoms with Crippen LogP contribution in [0.4, 0.5) is 5.69 Å². The maximum Gasteiger partial charge on any atom is 0.322 e. The summed E-state index contributed by atoms with van der Waals surface area (Å²) >= 11 is 12.3. The van der Waals surface area contributed by atoms with Crippen LogP contribution >= 0.6 is 23.2 Å². The Morgan fingerprint density at radius 1 is 1.19 bits per heavy atom. The molecule has 2 aromatic rings. The number of anilines is 1. The van der Waals surface area contributed by atoms with Gasteiger partial charge in [0.05, 0.1) is 21.7 Å². The van der Waals surface area contributed by atoms with Crippen LogP contribution in [0.15, 0.2) is 30.3 Å². The van der Waals surface area contributed by atoms with Gasteiger partial charge < -0.3 is 20.5 Å². The number of carboxylic acid groups (broad SMARTS) is 1. The van der Waals surface area contributed by atoms with Crippen molar-refractivity contribution in [1.29, 1.82) is 5.26 Å². The summed E-state index contributed by atoms with van der Waals surface area (Å²) in [5.74, 6) is -1.60. The number of aliphatic carboxylic acids is 1. The van der Waals surface area contributed by atoms with Crippen molar-refractivity contribution < 1.29 is 19.4 Å². The number of hydrogen-bond donors (Lipinski definition) is 3. The van der Waals surface area contributed by atoms with Gasteiger partial charge >= 0.3 is 5.97 Å². The normalized spacial score (nSPS) is 10.0. The highest BCUT2D eigenvalue weighted by Crippen LogP contribution is 2.35. The summed E-state index contributed by atoms with van der Waals surface area (Å²) in [6, 6.07) is 9.94. The lowest BCUT2D eigenvalue weighted by Crippen LogP contribution is -2.29. The predicted octanol–water partition coefficient (Wildman–Crippen LogP) is 3.30. The lowest BCUT2D eigenvalue weighted by molar-refractivity contribution is -0.135. The number of nitriles is 1. The van der Waals surface area contributed by atoms with E-state index in [0.29, 0.717) is 5.56 Å². The van der Waals surface area contributed by atoms with E-state index in [2.05, 4.69) is 16.7 Å². The molecule has 0 saturated heterocycles. The minimum absolute atomic E-state index is 0.105. The average Bonchev–Trinajstić information content (AvgIpc) is 2.64. The maximum atomic E-state index is 11.9. The number of nitrogens with one attached hydrogen (secondary N) is 2. The molecule has 0 heterocycles. The number of ether oxygens (including phenoxy) is 1.